The lowest BCUT2D eigenvalue weighted by atomic mass is 10.2. The molecule has 8 nitrogen and oxygen atoms in total. The molecule has 0 saturated carbocycles. The number of ether oxygens (including phenoxy) is 3. The van der Waals surface area contributed by atoms with Gasteiger partial charge in [-0.2, -0.15) is 0 Å². The number of carbonyl (C=O) groups excluding carboxylic acids is 2. The molecule has 0 amide bonds. The van der Waals surface area contributed by atoms with Gasteiger partial charge in [-0.15, -0.1) is 10.2 Å². The average Bonchev–Trinajstić information content (AvgIpc) is 2.53. The predicted molar refractivity (Wildman–Crippen MR) is 67.3 cm³/mol. The molecule has 8 heteroatoms. The van der Waals surface area contributed by atoms with Crippen LogP contribution in [0.5, 0.6) is 0 Å². The van der Waals surface area contributed by atoms with Gasteiger partial charge < -0.3 is 19.1 Å². The number of carbonyl (C=O) groups is 2. The Kier molecular flexibility index (Phi) is 4.46. The van der Waals surface area contributed by atoms with Gasteiger partial charge in [-0.1, -0.05) is 0 Å². The first-order chi connectivity index (χ1) is 9.67. The maximum Gasteiger partial charge on any atom is 0.358 e. The van der Waals surface area contributed by atoms with E-state index in [2.05, 4.69) is 14.9 Å². The van der Waals surface area contributed by atoms with Crippen LogP contribution in [0.1, 0.15) is 10.5 Å². The first kappa shape index (κ1) is 14.2. The van der Waals surface area contributed by atoms with Gasteiger partial charge in [0.1, 0.15) is 0 Å². The van der Waals surface area contributed by atoms with Crippen LogP contribution in [0.2, 0.25) is 0 Å². The maximum atomic E-state index is 11.7. The molecule has 108 valence electrons. The van der Waals surface area contributed by atoms with Gasteiger partial charge in [-0.05, 0) is 12.1 Å². The zero-order valence-electron chi connectivity index (χ0n) is 11.2. The summed E-state index contributed by atoms with van der Waals surface area (Å²) in [6.45, 7) is 1.20. The summed E-state index contributed by atoms with van der Waals surface area (Å²) in [5, 5.41) is 7.74. The van der Waals surface area contributed by atoms with Crippen LogP contribution in [0.25, 0.3) is 0 Å². The Morgan fingerprint density at radius 2 is 2.10 bits per heavy atom. The highest BCUT2D eigenvalue weighted by molar-refractivity contribution is 5.87. The zero-order valence-corrected chi connectivity index (χ0v) is 11.2. The Morgan fingerprint density at radius 3 is 2.70 bits per heavy atom. The van der Waals surface area contributed by atoms with Crippen LogP contribution in [-0.2, 0) is 19.0 Å². The summed E-state index contributed by atoms with van der Waals surface area (Å²) in [5.41, 5.74) is 0.110. The molecule has 0 aromatic carbocycles. The highest BCUT2D eigenvalue weighted by atomic mass is 16.5. The van der Waals surface area contributed by atoms with Crippen molar-refractivity contribution in [3.63, 3.8) is 0 Å². The predicted octanol–water partition coefficient (Wildman–Crippen LogP) is -0.359. The number of morpholine rings is 1. The van der Waals surface area contributed by atoms with Crippen molar-refractivity contribution in [2.75, 3.05) is 38.9 Å². The smallest absolute Gasteiger partial charge is 0.358 e. The van der Waals surface area contributed by atoms with Gasteiger partial charge in [0.2, 0.25) is 0 Å². The van der Waals surface area contributed by atoms with Crippen LogP contribution in [-0.4, -0.2) is 62.2 Å². The molecule has 1 aromatic heterocycles. The van der Waals surface area contributed by atoms with Crippen LogP contribution >= 0.6 is 0 Å². The summed E-state index contributed by atoms with van der Waals surface area (Å²) < 4.78 is 14.6. The molecule has 0 aliphatic carbocycles. The molecule has 1 unspecified atom stereocenters. The number of hydrogen-bond donors (Lipinski definition) is 0. The van der Waals surface area contributed by atoms with Crippen LogP contribution in [0.15, 0.2) is 12.1 Å². The molecule has 2 heterocycles. The molecule has 1 aliphatic rings. The third-order valence-electron chi connectivity index (χ3n) is 2.94. The summed E-state index contributed by atoms with van der Waals surface area (Å²) >= 11 is 0. The molecule has 1 aliphatic heterocycles. The fourth-order valence-corrected chi connectivity index (χ4v) is 1.90. The molecule has 2 rings (SSSR count). The number of anilines is 1. The number of nitrogens with zero attached hydrogens (tertiary/aromatic N) is 3. The molecule has 0 spiro atoms. The molecule has 0 N–H and O–H groups in total. The van der Waals surface area contributed by atoms with Crippen LogP contribution in [0, 0.1) is 0 Å². The fourth-order valence-electron chi connectivity index (χ4n) is 1.90. The van der Waals surface area contributed by atoms with Crippen molar-refractivity contribution < 1.29 is 23.8 Å². The molecule has 0 bridgehead atoms. The summed E-state index contributed by atoms with van der Waals surface area (Å²) in [6.07, 6.45) is 0. The molecule has 0 radical (unpaired) electrons. The van der Waals surface area contributed by atoms with E-state index >= 15 is 0 Å². The number of methoxy groups -OCH3 is 2. The van der Waals surface area contributed by atoms with E-state index in [0.29, 0.717) is 19.0 Å². The molecule has 1 saturated heterocycles. The van der Waals surface area contributed by atoms with E-state index in [1.165, 1.54) is 20.3 Å². The summed E-state index contributed by atoms with van der Waals surface area (Å²) in [6, 6.07) is 2.55. The molecule has 1 atom stereocenters. The van der Waals surface area contributed by atoms with Crippen molar-refractivity contribution in [1.82, 2.24) is 10.2 Å². The zero-order chi connectivity index (χ0) is 14.5. The van der Waals surface area contributed by atoms with Gasteiger partial charge in [0.15, 0.2) is 17.6 Å². The Bertz CT molecular complexity index is 490. The largest absolute Gasteiger partial charge is 0.467 e. The lowest BCUT2D eigenvalue weighted by molar-refractivity contribution is -0.144. The van der Waals surface area contributed by atoms with E-state index in [-0.39, 0.29) is 12.3 Å². The number of esters is 2. The van der Waals surface area contributed by atoms with E-state index < -0.39 is 18.0 Å². The Balaban J connectivity index is 2.20. The third-order valence-corrected chi connectivity index (χ3v) is 2.94. The lowest BCUT2D eigenvalue weighted by Crippen LogP contribution is -2.51. The summed E-state index contributed by atoms with van der Waals surface area (Å²) in [5.74, 6) is -0.476. The number of aromatic nitrogens is 2. The minimum atomic E-state index is -0.563. The normalized spacial score (nSPS) is 18.5. The molecular formula is C12H15N3O5. The minimum absolute atomic E-state index is 0.110. The van der Waals surface area contributed by atoms with Crippen LogP contribution < -0.4 is 4.90 Å². The topological polar surface area (TPSA) is 90.8 Å². The SMILES string of the molecule is COC(=O)c1ccc(N2CCOCC2C(=O)OC)nn1. The van der Waals surface area contributed by atoms with E-state index in [1.807, 2.05) is 0 Å². The van der Waals surface area contributed by atoms with Gasteiger partial charge in [0, 0.05) is 6.54 Å². The third kappa shape index (κ3) is 2.85. The second-order valence-corrected chi connectivity index (χ2v) is 4.08. The highest BCUT2D eigenvalue weighted by Crippen LogP contribution is 2.17. The van der Waals surface area contributed by atoms with Crippen molar-refractivity contribution in [3.05, 3.63) is 17.8 Å². The Labute approximate surface area is 115 Å². The molecule has 1 aromatic rings. The average molecular weight is 281 g/mol. The van der Waals surface area contributed by atoms with E-state index in [9.17, 15) is 9.59 Å². The molecule has 1 fully saturated rings. The van der Waals surface area contributed by atoms with E-state index in [1.54, 1.807) is 11.0 Å². The van der Waals surface area contributed by atoms with Gasteiger partial charge in [-0.3, -0.25) is 0 Å². The van der Waals surface area contributed by atoms with Gasteiger partial charge in [0.05, 0.1) is 27.4 Å². The van der Waals surface area contributed by atoms with Crippen molar-refractivity contribution in [1.29, 1.82) is 0 Å². The quantitative estimate of drug-likeness (QED) is 0.694. The lowest BCUT2D eigenvalue weighted by Gasteiger charge is -2.34. The summed E-state index contributed by atoms with van der Waals surface area (Å²) in [7, 11) is 2.59. The summed E-state index contributed by atoms with van der Waals surface area (Å²) in [4.78, 5) is 24.7. The van der Waals surface area contributed by atoms with Crippen molar-refractivity contribution in [2.24, 2.45) is 0 Å². The van der Waals surface area contributed by atoms with Gasteiger partial charge >= 0.3 is 11.9 Å². The highest BCUT2D eigenvalue weighted by Gasteiger charge is 2.31. The van der Waals surface area contributed by atoms with E-state index in [0.717, 1.165) is 0 Å². The monoisotopic (exact) mass is 281 g/mol. The minimum Gasteiger partial charge on any atom is -0.467 e. The van der Waals surface area contributed by atoms with Gasteiger partial charge in [-0.25, -0.2) is 9.59 Å². The first-order valence-electron chi connectivity index (χ1n) is 6.01. The molecule has 20 heavy (non-hydrogen) atoms. The Morgan fingerprint density at radius 1 is 1.30 bits per heavy atom. The second-order valence-electron chi connectivity index (χ2n) is 4.08. The first-order valence-corrected chi connectivity index (χ1v) is 6.01. The van der Waals surface area contributed by atoms with Crippen molar-refractivity contribution in [3.8, 4) is 0 Å². The van der Waals surface area contributed by atoms with Crippen molar-refractivity contribution >= 4 is 17.8 Å². The number of rotatable bonds is 3. The second kappa shape index (κ2) is 6.29. The fraction of sp³-hybridized carbons (Fsp3) is 0.500. The van der Waals surface area contributed by atoms with Crippen molar-refractivity contribution in [2.45, 2.75) is 6.04 Å². The molecular weight excluding hydrogens is 266 g/mol. The maximum absolute atomic E-state index is 11.7. The standard InChI is InChI=1S/C12H15N3O5/c1-18-11(16)8-3-4-10(14-13-8)15-5-6-20-7-9(15)12(17)19-2/h3-4,9H,5-7H2,1-2H3. The van der Waals surface area contributed by atoms with Crippen LogP contribution in [0.4, 0.5) is 5.82 Å². The Hall–Kier alpha value is -2.22. The van der Waals surface area contributed by atoms with E-state index in [4.69, 9.17) is 9.47 Å². The van der Waals surface area contributed by atoms with Gasteiger partial charge in [0.25, 0.3) is 0 Å². The van der Waals surface area contributed by atoms with Crippen LogP contribution in [0.3, 0.4) is 0 Å². The number of hydrogen-bond acceptors (Lipinski definition) is 8.